The summed E-state index contributed by atoms with van der Waals surface area (Å²) in [5.41, 5.74) is 3.21. The highest BCUT2D eigenvalue weighted by atomic mass is 35.5. The molecule has 0 aliphatic rings. The molecule has 0 bridgehead atoms. The Kier molecular flexibility index (Phi) is 6.50. The van der Waals surface area contributed by atoms with E-state index in [4.69, 9.17) is 21.1 Å². The summed E-state index contributed by atoms with van der Waals surface area (Å²) in [7, 11) is 0. The van der Waals surface area contributed by atoms with Crippen LogP contribution in [0.5, 0.6) is 11.5 Å². The van der Waals surface area contributed by atoms with Crippen LogP contribution in [0, 0.1) is 20.8 Å². The van der Waals surface area contributed by atoms with Crippen LogP contribution >= 0.6 is 11.6 Å². The van der Waals surface area contributed by atoms with Gasteiger partial charge in [-0.05, 0) is 61.7 Å². The van der Waals surface area contributed by atoms with Gasteiger partial charge in [-0.2, -0.15) is 0 Å². The monoisotopic (exact) mass is 347 g/mol. The number of hydrogen-bond donors (Lipinski definition) is 1. The van der Waals surface area contributed by atoms with E-state index in [1.54, 1.807) is 18.2 Å². The fraction of sp³-hybridized carbons (Fsp3) is 0.316. The van der Waals surface area contributed by atoms with Crippen LogP contribution in [0.2, 0.25) is 5.02 Å². The highest BCUT2D eigenvalue weighted by molar-refractivity contribution is 6.31. The first-order valence-electron chi connectivity index (χ1n) is 7.82. The first-order chi connectivity index (χ1) is 11.5. The van der Waals surface area contributed by atoms with E-state index in [1.165, 1.54) is 5.56 Å². The molecule has 0 fully saturated rings. The van der Waals surface area contributed by atoms with Crippen LogP contribution < -0.4 is 14.8 Å². The molecule has 24 heavy (non-hydrogen) atoms. The maximum absolute atomic E-state index is 11.8. The van der Waals surface area contributed by atoms with Gasteiger partial charge in [0.15, 0.2) is 6.61 Å². The van der Waals surface area contributed by atoms with Crippen LogP contribution in [0.15, 0.2) is 36.4 Å². The van der Waals surface area contributed by atoms with Gasteiger partial charge in [0.05, 0.1) is 6.54 Å². The number of halogens is 1. The third-order valence-corrected chi connectivity index (χ3v) is 4.16. The van der Waals surface area contributed by atoms with Crippen molar-refractivity contribution in [1.82, 2.24) is 5.32 Å². The number of amides is 1. The number of rotatable bonds is 7. The first-order valence-corrected chi connectivity index (χ1v) is 8.20. The zero-order valence-electron chi connectivity index (χ0n) is 14.2. The van der Waals surface area contributed by atoms with Crippen LogP contribution in [-0.4, -0.2) is 25.7 Å². The summed E-state index contributed by atoms with van der Waals surface area (Å²) in [5.74, 6) is 1.28. The first kappa shape index (κ1) is 18.1. The molecule has 0 unspecified atom stereocenters. The number of hydrogen-bond acceptors (Lipinski definition) is 3. The average molecular weight is 348 g/mol. The van der Waals surface area contributed by atoms with Gasteiger partial charge in [-0.25, -0.2) is 0 Å². The Balaban J connectivity index is 1.69. The van der Waals surface area contributed by atoms with E-state index in [0.29, 0.717) is 23.9 Å². The average Bonchev–Trinajstić information content (AvgIpc) is 2.56. The molecule has 2 aromatic rings. The van der Waals surface area contributed by atoms with Crippen LogP contribution in [0.3, 0.4) is 0 Å². The van der Waals surface area contributed by atoms with Crippen molar-refractivity contribution >= 4 is 17.5 Å². The zero-order chi connectivity index (χ0) is 17.5. The van der Waals surface area contributed by atoms with E-state index in [2.05, 4.69) is 5.32 Å². The summed E-state index contributed by atoms with van der Waals surface area (Å²) < 4.78 is 11.1. The van der Waals surface area contributed by atoms with Crippen molar-refractivity contribution in [3.05, 3.63) is 58.1 Å². The van der Waals surface area contributed by atoms with Gasteiger partial charge in [-0.3, -0.25) is 4.79 Å². The Morgan fingerprint density at radius 1 is 1.08 bits per heavy atom. The van der Waals surface area contributed by atoms with Gasteiger partial charge < -0.3 is 14.8 Å². The summed E-state index contributed by atoms with van der Waals surface area (Å²) in [6.45, 7) is 6.75. The molecular weight excluding hydrogens is 326 g/mol. The number of carbonyl (C=O) groups excluding carboxylic acids is 1. The number of aryl methyl sites for hydroxylation is 2. The van der Waals surface area contributed by atoms with Crippen molar-refractivity contribution in [2.24, 2.45) is 0 Å². The second-order valence-electron chi connectivity index (χ2n) is 5.60. The van der Waals surface area contributed by atoms with E-state index >= 15 is 0 Å². The third-order valence-electron chi connectivity index (χ3n) is 3.74. The summed E-state index contributed by atoms with van der Waals surface area (Å²) in [5, 5.41) is 3.44. The molecule has 0 heterocycles. The third kappa shape index (κ3) is 5.17. The molecule has 0 aliphatic carbocycles. The van der Waals surface area contributed by atoms with Gasteiger partial charge >= 0.3 is 0 Å². The van der Waals surface area contributed by atoms with Crippen molar-refractivity contribution in [2.45, 2.75) is 20.8 Å². The summed E-state index contributed by atoms with van der Waals surface area (Å²) >= 11 is 5.95. The Hall–Kier alpha value is -2.20. The fourth-order valence-electron chi connectivity index (χ4n) is 2.14. The molecule has 4 nitrogen and oxygen atoms in total. The van der Waals surface area contributed by atoms with E-state index in [9.17, 15) is 4.79 Å². The van der Waals surface area contributed by atoms with E-state index in [1.807, 2.05) is 39.0 Å². The van der Waals surface area contributed by atoms with E-state index in [0.717, 1.165) is 16.9 Å². The normalized spacial score (nSPS) is 10.3. The molecular formula is C19H22ClNO3. The highest BCUT2D eigenvalue weighted by Crippen LogP contribution is 2.21. The summed E-state index contributed by atoms with van der Waals surface area (Å²) in [6, 6.07) is 11.2. The van der Waals surface area contributed by atoms with Crippen LogP contribution in [0.4, 0.5) is 0 Å². The lowest BCUT2D eigenvalue weighted by atomic mass is 10.1. The standard InChI is InChI=1S/C19H22ClNO3/c1-13-5-4-6-18(15(13)3)23-10-9-21-19(22)12-24-16-7-8-17(20)14(2)11-16/h4-8,11H,9-10,12H2,1-3H3,(H,21,22). The molecule has 5 heteroatoms. The van der Waals surface area contributed by atoms with Crippen LogP contribution in [0.25, 0.3) is 0 Å². The van der Waals surface area contributed by atoms with Crippen molar-refractivity contribution in [3.8, 4) is 11.5 Å². The van der Waals surface area contributed by atoms with E-state index < -0.39 is 0 Å². The predicted octanol–water partition coefficient (Wildman–Crippen LogP) is 3.84. The lowest BCUT2D eigenvalue weighted by molar-refractivity contribution is -0.123. The maximum atomic E-state index is 11.8. The van der Waals surface area contributed by atoms with Gasteiger partial charge in [-0.1, -0.05) is 23.7 Å². The smallest absolute Gasteiger partial charge is 0.258 e. The quantitative estimate of drug-likeness (QED) is 0.774. The van der Waals surface area contributed by atoms with Crippen molar-refractivity contribution < 1.29 is 14.3 Å². The van der Waals surface area contributed by atoms with Crippen molar-refractivity contribution in [3.63, 3.8) is 0 Å². The second kappa shape index (κ2) is 8.60. The number of nitrogens with one attached hydrogen (secondary N) is 1. The molecule has 0 saturated heterocycles. The van der Waals surface area contributed by atoms with Crippen LogP contribution in [0.1, 0.15) is 16.7 Å². The topological polar surface area (TPSA) is 47.6 Å². The Labute approximate surface area is 147 Å². The second-order valence-corrected chi connectivity index (χ2v) is 6.00. The predicted molar refractivity (Wildman–Crippen MR) is 96.1 cm³/mol. The summed E-state index contributed by atoms with van der Waals surface area (Å²) in [4.78, 5) is 11.8. The summed E-state index contributed by atoms with van der Waals surface area (Å²) in [6.07, 6.45) is 0. The molecule has 1 N–H and O–H groups in total. The Morgan fingerprint density at radius 2 is 1.88 bits per heavy atom. The van der Waals surface area contributed by atoms with Gasteiger partial charge in [0, 0.05) is 5.02 Å². The lowest BCUT2D eigenvalue weighted by Gasteiger charge is -2.12. The minimum Gasteiger partial charge on any atom is -0.491 e. The molecule has 0 aromatic heterocycles. The van der Waals surface area contributed by atoms with Gasteiger partial charge in [-0.15, -0.1) is 0 Å². The molecule has 2 aromatic carbocycles. The molecule has 0 aliphatic heterocycles. The minimum atomic E-state index is -0.188. The molecule has 0 saturated carbocycles. The Morgan fingerprint density at radius 3 is 2.62 bits per heavy atom. The van der Waals surface area contributed by atoms with E-state index in [-0.39, 0.29) is 12.5 Å². The fourth-order valence-corrected chi connectivity index (χ4v) is 2.26. The largest absolute Gasteiger partial charge is 0.491 e. The molecule has 128 valence electrons. The molecule has 0 spiro atoms. The highest BCUT2D eigenvalue weighted by Gasteiger charge is 2.05. The van der Waals surface area contributed by atoms with Gasteiger partial charge in [0.25, 0.3) is 5.91 Å². The SMILES string of the molecule is Cc1cc(OCC(=O)NCCOc2cccc(C)c2C)ccc1Cl. The molecule has 2 rings (SSSR count). The van der Waals surface area contributed by atoms with Gasteiger partial charge in [0.2, 0.25) is 0 Å². The minimum absolute atomic E-state index is 0.0372. The molecule has 0 radical (unpaired) electrons. The lowest BCUT2D eigenvalue weighted by Crippen LogP contribution is -2.32. The Bertz CT molecular complexity index is 716. The number of benzene rings is 2. The number of carbonyl (C=O) groups is 1. The zero-order valence-corrected chi connectivity index (χ0v) is 14.9. The molecule has 1 amide bonds. The van der Waals surface area contributed by atoms with Crippen molar-refractivity contribution in [2.75, 3.05) is 19.8 Å². The van der Waals surface area contributed by atoms with Gasteiger partial charge in [0.1, 0.15) is 18.1 Å². The van der Waals surface area contributed by atoms with Crippen LogP contribution in [-0.2, 0) is 4.79 Å². The maximum Gasteiger partial charge on any atom is 0.258 e. The van der Waals surface area contributed by atoms with Crippen molar-refractivity contribution in [1.29, 1.82) is 0 Å². The number of ether oxygens (including phenoxy) is 2. The molecule has 0 atom stereocenters.